The number of rotatable bonds is 11. The fourth-order valence-electron chi connectivity index (χ4n) is 4.80. The van der Waals surface area contributed by atoms with Crippen LogP contribution in [0.2, 0.25) is 0 Å². The molecule has 1 N–H and O–H groups in total. The number of carbonyl (C=O) groups excluding carboxylic acids is 1. The maximum absolute atomic E-state index is 13.8. The second-order valence-corrected chi connectivity index (χ2v) is 11.5. The van der Waals surface area contributed by atoms with E-state index in [2.05, 4.69) is 10.2 Å². The Morgan fingerprint density at radius 1 is 1.03 bits per heavy atom. The van der Waals surface area contributed by atoms with Crippen molar-refractivity contribution in [3.05, 3.63) is 65.7 Å². The number of nitrogens with one attached hydrogen (secondary N) is 1. The number of nitrogens with zero attached hydrogens (tertiary/aromatic N) is 2. The molecule has 3 rings (SSSR count). The Hall–Kier alpha value is -2.40. The fraction of sp³-hybridized carbons (Fsp3) is 0.500. The minimum absolute atomic E-state index is 0.00588. The minimum Gasteiger partial charge on any atom is -0.370 e. The topological polar surface area (TPSA) is 79.0 Å². The third-order valence-corrected chi connectivity index (χ3v) is 8.51. The van der Waals surface area contributed by atoms with Crippen molar-refractivity contribution < 1.29 is 26.7 Å². The van der Waals surface area contributed by atoms with Crippen LogP contribution in [-0.2, 0) is 19.6 Å². The van der Waals surface area contributed by atoms with Gasteiger partial charge in [0.2, 0.25) is 15.9 Å². The molecule has 1 amide bonds. The molecule has 7 nitrogen and oxygen atoms in total. The van der Waals surface area contributed by atoms with Crippen LogP contribution < -0.4 is 5.32 Å². The maximum atomic E-state index is 13.8. The largest absolute Gasteiger partial charge is 0.370 e. The molecule has 36 heavy (non-hydrogen) atoms. The van der Waals surface area contributed by atoms with E-state index in [0.717, 1.165) is 47.7 Å². The molecule has 10 heteroatoms. The highest BCUT2D eigenvalue weighted by Gasteiger charge is 2.30. The van der Waals surface area contributed by atoms with Gasteiger partial charge in [0.1, 0.15) is 18.2 Å². The molecule has 0 aliphatic heterocycles. The van der Waals surface area contributed by atoms with Crippen molar-refractivity contribution in [2.75, 3.05) is 40.9 Å². The number of amides is 1. The number of likely N-dealkylation sites (N-methyl/N-ethyl adjacent to an activating group) is 1. The van der Waals surface area contributed by atoms with Gasteiger partial charge in [-0.1, -0.05) is 12.1 Å². The molecule has 0 aromatic heterocycles. The predicted molar refractivity (Wildman–Crippen MR) is 134 cm³/mol. The zero-order valence-electron chi connectivity index (χ0n) is 21.0. The van der Waals surface area contributed by atoms with Gasteiger partial charge in [0, 0.05) is 25.7 Å². The highest BCUT2D eigenvalue weighted by Crippen LogP contribution is 2.37. The summed E-state index contributed by atoms with van der Waals surface area (Å²) in [4.78, 5) is 14.5. The van der Waals surface area contributed by atoms with Crippen LogP contribution in [0.4, 0.5) is 8.78 Å². The van der Waals surface area contributed by atoms with E-state index in [1.165, 1.54) is 25.2 Å². The average Bonchev–Trinajstić information content (AvgIpc) is 2.83. The van der Waals surface area contributed by atoms with E-state index < -0.39 is 15.8 Å². The predicted octanol–water partition coefficient (Wildman–Crippen LogP) is 3.58. The summed E-state index contributed by atoms with van der Waals surface area (Å²) in [6, 6.07) is 11.5. The Morgan fingerprint density at radius 2 is 1.69 bits per heavy atom. The van der Waals surface area contributed by atoms with Gasteiger partial charge in [-0.25, -0.2) is 17.2 Å². The molecule has 198 valence electrons. The van der Waals surface area contributed by atoms with Crippen molar-refractivity contribution in [1.29, 1.82) is 0 Å². The van der Waals surface area contributed by atoms with E-state index in [0.29, 0.717) is 5.92 Å². The van der Waals surface area contributed by atoms with E-state index in [1.807, 2.05) is 20.2 Å². The van der Waals surface area contributed by atoms with E-state index in [4.69, 9.17) is 4.74 Å². The van der Waals surface area contributed by atoms with Crippen molar-refractivity contribution in [3.8, 4) is 0 Å². The molecule has 1 saturated carbocycles. The van der Waals surface area contributed by atoms with Crippen LogP contribution in [0.25, 0.3) is 0 Å². The summed E-state index contributed by atoms with van der Waals surface area (Å²) < 4.78 is 58.3. The summed E-state index contributed by atoms with van der Waals surface area (Å²) in [5.74, 6) is -0.621. The van der Waals surface area contributed by atoms with Gasteiger partial charge in [-0.15, -0.1) is 0 Å². The number of benzene rings is 2. The van der Waals surface area contributed by atoms with Gasteiger partial charge >= 0.3 is 0 Å². The first-order valence-electron chi connectivity index (χ1n) is 12.1. The smallest absolute Gasteiger partial charge is 0.246 e. The summed E-state index contributed by atoms with van der Waals surface area (Å²) >= 11 is 0. The molecular weight excluding hydrogens is 488 g/mol. The Morgan fingerprint density at radius 3 is 2.31 bits per heavy atom. The average molecular weight is 524 g/mol. The van der Waals surface area contributed by atoms with Gasteiger partial charge in [-0.2, -0.15) is 4.31 Å². The molecule has 1 fully saturated rings. The van der Waals surface area contributed by atoms with Crippen molar-refractivity contribution in [3.63, 3.8) is 0 Å². The third kappa shape index (κ3) is 7.55. The van der Waals surface area contributed by atoms with E-state index in [9.17, 15) is 22.0 Å². The molecular formula is C26H35F2N3O4S. The summed E-state index contributed by atoms with van der Waals surface area (Å²) in [7, 11) is 1.66. The molecule has 0 spiro atoms. The van der Waals surface area contributed by atoms with Crippen LogP contribution in [0.1, 0.15) is 37.3 Å². The maximum Gasteiger partial charge on any atom is 0.246 e. The summed E-state index contributed by atoms with van der Waals surface area (Å²) in [6.07, 6.45) is 3.48. The molecule has 1 unspecified atom stereocenters. The first-order valence-corrected chi connectivity index (χ1v) is 13.5. The van der Waals surface area contributed by atoms with Gasteiger partial charge in [0.05, 0.1) is 11.5 Å². The zero-order valence-corrected chi connectivity index (χ0v) is 21.8. The molecule has 0 radical (unpaired) electrons. The Bertz CT molecular complexity index is 1100. The minimum atomic E-state index is -3.76. The monoisotopic (exact) mass is 523 g/mol. The number of sulfonamides is 1. The molecule has 1 atom stereocenters. The van der Waals surface area contributed by atoms with Crippen LogP contribution in [0, 0.1) is 17.6 Å². The van der Waals surface area contributed by atoms with Crippen molar-refractivity contribution in [1.82, 2.24) is 14.5 Å². The molecule has 1 aliphatic rings. The van der Waals surface area contributed by atoms with Crippen molar-refractivity contribution in [2.24, 2.45) is 5.92 Å². The van der Waals surface area contributed by atoms with Crippen LogP contribution in [0.5, 0.6) is 0 Å². The Balaban J connectivity index is 1.39. The van der Waals surface area contributed by atoms with Gasteiger partial charge in [-0.3, -0.25) is 4.79 Å². The molecule has 2 aromatic rings. The second-order valence-electron chi connectivity index (χ2n) is 9.48. The van der Waals surface area contributed by atoms with Crippen molar-refractivity contribution >= 4 is 15.9 Å². The van der Waals surface area contributed by atoms with Crippen LogP contribution >= 0.6 is 0 Å². The molecule has 1 aliphatic carbocycles. The van der Waals surface area contributed by atoms with Crippen molar-refractivity contribution in [2.45, 2.75) is 42.7 Å². The lowest BCUT2D eigenvalue weighted by Crippen LogP contribution is -2.41. The summed E-state index contributed by atoms with van der Waals surface area (Å²) in [6.45, 7) is -0.0483. The normalized spacial score (nSPS) is 19.4. The quantitative estimate of drug-likeness (QED) is 0.456. The molecule has 0 heterocycles. The van der Waals surface area contributed by atoms with Crippen LogP contribution in [0.15, 0.2) is 53.4 Å². The van der Waals surface area contributed by atoms with Gasteiger partial charge in [0.25, 0.3) is 0 Å². The lowest BCUT2D eigenvalue weighted by atomic mass is 9.78. The lowest BCUT2D eigenvalue weighted by Gasteiger charge is -2.37. The SMILES string of the molecule is CN(C)C(c1cccc(F)c1)C1CCC(NC(=O)COCCN(C)S(=O)(=O)c2ccc(F)cc2)CC1. The van der Waals surface area contributed by atoms with E-state index in [-0.39, 0.29) is 48.5 Å². The van der Waals surface area contributed by atoms with Gasteiger partial charge in [-0.05, 0) is 87.7 Å². The summed E-state index contributed by atoms with van der Waals surface area (Å²) in [5.41, 5.74) is 0.965. The molecule has 0 saturated heterocycles. The summed E-state index contributed by atoms with van der Waals surface area (Å²) in [5, 5.41) is 3.00. The number of halogens is 2. The molecule has 2 aromatic carbocycles. The highest BCUT2D eigenvalue weighted by atomic mass is 32.2. The fourth-order valence-corrected chi connectivity index (χ4v) is 5.95. The standard InChI is InChI=1S/C26H35F2N3O4S/c1-30(2)26(20-5-4-6-22(28)17-20)19-7-11-23(12-8-19)29-25(32)18-35-16-15-31(3)36(33,34)24-13-9-21(27)10-14-24/h4-6,9-10,13-14,17,19,23,26H,7-8,11-12,15-16,18H2,1-3H3,(H,29,32). The number of hydrogen-bond acceptors (Lipinski definition) is 5. The lowest BCUT2D eigenvalue weighted by molar-refractivity contribution is -0.126. The highest BCUT2D eigenvalue weighted by molar-refractivity contribution is 7.89. The second kappa shape index (κ2) is 12.7. The number of hydrogen-bond donors (Lipinski definition) is 1. The van der Waals surface area contributed by atoms with Gasteiger partial charge < -0.3 is 15.0 Å². The van der Waals surface area contributed by atoms with E-state index >= 15 is 0 Å². The number of ether oxygens (including phenoxy) is 1. The molecule has 0 bridgehead atoms. The number of carbonyl (C=O) groups is 1. The van der Waals surface area contributed by atoms with Gasteiger partial charge in [0.15, 0.2) is 0 Å². The zero-order chi connectivity index (χ0) is 26.3. The van der Waals surface area contributed by atoms with Crippen LogP contribution in [0.3, 0.4) is 0 Å². The first kappa shape index (κ1) is 28.2. The third-order valence-electron chi connectivity index (χ3n) is 6.64. The van der Waals surface area contributed by atoms with E-state index in [1.54, 1.807) is 12.1 Å². The van der Waals surface area contributed by atoms with Crippen LogP contribution in [-0.4, -0.2) is 70.5 Å². The first-order chi connectivity index (χ1) is 17.1. The Labute approximate surface area is 212 Å². The Kier molecular flexibility index (Phi) is 9.95.